The van der Waals surface area contributed by atoms with E-state index in [9.17, 15) is 10.2 Å². The summed E-state index contributed by atoms with van der Waals surface area (Å²) in [4.78, 5) is 0. The zero-order valence-corrected chi connectivity index (χ0v) is 11.6. The second kappa shape index (κ2) is 4.22. The molecule has 4 atom stereocenters. The summed E-state index contributed by atoms with van der Waals surface area (Å²) >= 11 is 0. The van der Waals surface area contributed by atoms with Crippen LogP contribution in [0.25, 0.3) is 0 Å². The highest BCUT2D eigenvalue weighted by atomic mass is 16.5. The van der Waals surface area contributed by atoms with Gasteiger partial charge in [-0.3, -0.25) is 0 Å². The largest absolute Gasteiger partial charge is 0.496 e. The Morgan fingerprint density at radius 1 is 1.32 bits per heavy atom. The minimum absolute atomic E-state index is 0.409. The zero-order valence-electron chi connectivity index (χ0n) is 11.6. The third-order valence-corrected chi connectivity index (χ3v) is 5.45. The number of hydrogen-bond donors (Lipinski definition) is 2. The molecule has 3 nitrogen and oxygen atoms in total. The van der Waals surface area contributed by atoms with Gasteiger partial charge in [-0.25, -0.2) is 0 Å². The van der Waals surface area contributed by atoms with Crippen molar-refractivity contribution in [2.24, 2.45) is 11.3 Å². The molecule has 3 saturated carbocycles. The van der Waals surface area contributed by atoms with Crippen molar-refractivity contribution in [2.45, 2.75) is 44.3 Å². The Morgan fingerprint density at radius 2 is 2.05 bits per heavy atom. The van der Waals surface area contributed by atoms with Gasteiger partial charge in [-0.2, -0.15) is 0 Å². The Bertz CT molecular complexity index is 487. The van der Waals surface area contributed by atoms with Gasteiger partial charge in [-0.15, -0.1) is 0 Å². The second-order valence-corrected chi connectivity index (χ2v) is 6.34. The Labute approximate surface area is 114 Å². The van der Waals surface area contributed by atoms with E-state index in [1.807, 2.05) is 31.2 Å². The van der Waals surface area contributed by atoms with Crippen LogP contribution in [0.5, 0.6) is 5.75 Å². The second-order valence-electron chi connectivity index (χ2n) is 6.34. The van der Waals surface area contributed by atoms with Gasteiger partial charge < -0.3 is 14.9 Å². The van der Waals surface area contributed by atoms with Gasteiger partial charge in [0, 0.05) is 11.0 Å². The van der Waals surface area contributed by atoms with Crippen LogP contribution in [0.15, 0.2) is 24.3 Å². The number of fused-ring (bicyclic) bond motifs is 3. The van der Waals surface area contributed by atoms with E-state index in [-0.39, 0.29) is 0 Å². The van der Waals surface area contributed by atoms with Crippen molar-refractivity contribution in [3.05, 3.63) is 29.8 Å². The lowest BCUT2D eigenvalue weighted by atomic mass is 9.50. The van der Waals surface area contributed by atoms with E-state index in [2.05, 4.69) is 0 Å². The summed E-state index contributed by atoms with van der Waals surface area (Å²) in [5, 5.41) is 21.8. The maximum Gasteiger partial charge on any atom is 0.124 e. The third kappa shape index (κ3) is 1.65. The molecule has 0 aliphatic heterocycles. The lowest BCUT2D eigenvalue weighted by Gasteiger charge is -2.58. The molecule has 1 aromatic rings. The first-order valence-corrected chi connectivity index (χ1v) is 7.05. The fraction of sp³-hybridized carbons (Fsp3) is 0.625. The number of para-hydroxylation sites is 1. The molecule has 4 rings (SSSR count). The number of ether oxygens (including phenoxy) is 1. The first kappa shape index (κ1) is 12.9. The number of methoxy groups -OCH3 is 1. The van der Waals surface area contributed by atoms with Crippen molar-refractivity contribution in [3.8, 4) is 5.75 Å². The van der Waals surface area contributed by atoms with Crippen LogP contribution >= 0.6 is 0 Å². The van der Waals surface area contributed by atoms with Crippen molar-refractivity contribution < 1.29 is 14.9 Å². The molecule has 104 valence electrons. The van der Waals surface area contributed by atoms with Gasteiger partial charge in [-0.1, -0.05) is 25.1 Å². The zero-order chi connectivity index (χ0) is 13.7. The van der Waals surface area contributed by atoms with Gasteiger partial charge in [0.05, 0.1) is 13.2 Å². The summed E-state index contributed by atoms with van der Waals surface area (Å²) in [5.41, 5.74) is -0.639. The fourth-order valence-corrected chi connectivity index (χ4v) is 4.09. The van der Waals surface area contributed by atoms with Crippen LogP contribution in [0, 0.1) is 11.3 Å². The summed E-state index contributed by atoms with van der Waals surface area (Å²) in [7, 11) is 1.63. The van der Waals surface area contributed by atoms with Gasteiger partial charge in [0.2, 0.25) is 0 Å². The van der Waals surface area contributed by atoms with Crippen LogP contribution in [0.3, 0.4) is 0 Å². The Balaban J connectivity index is 2.12. The maximum absolute atomic E-state index is 11.3. The van der Waals surface area contributed by atoms with E-state index in [1.54, 1.807) is 7.11 Å². The minimum Gasteiger partial charge on any atom is -0.496 e. The smallest absolute Gasteiger partial charge is 0.124 e. The molecule has 3 aliphatic rings. The standard InChI is InChI=1S/C16H22O3/c1-15-8-7-11(9-14(15)17)10-16(15,18)12-5-3-4-6-13(12)19-2/h3-6,11,14,17-18H,7-10H2,1-2H3/t11-,14-,15+,16-/m0/s1. The summed E-state index contributed by atoms with van der Waals surface area (Å²) in [5.74, 6) is 1.12. The van der Waals surface area contributed by atoms with Crippen molar-refractivity contribution in [1.29, 1.82) is 0 Å². The number of benzene rings is 1. The van der Waals surface area contributed by atoms with Crippen LogP contribution in [-0.4, -0.2) is 23.4 Å². The Morgan fingerprint density at radius 3 is 2.74 bits per heavy atom. The van der Waals surface area contributed by atoms with Crippen molar-refractivity contribution in [2.75, 3.05) is 7.11 Å². The van der Waals surface area contributed by atoms with Crippen molar-refractivity contribution in [1.82, 2.24) is 0 Å². The minimum atomic E-state index is -0.986. The Hall–Kier alpha value is -1.06. The van der Waals surface area contributed by atoms with E-state index in [0.29, 0.717) is 11.7 Å². The van der Waals surface area contributed by atoms with E-state index >= 15 is 0 Å². The first-order valence-electron chi connectivity index (χ1n) is 7.05. The maximum atomic E-state index is 11.3. The van der Waals surface area contributed by atoms with E-state index in [1.165, 1.54) is 0 Å². The molecule has 0 radical (unpaired) electrons. The highest BCUT2D eigenvalue weighted by Gasteiger charge is 2.60. The molecule has 0 spiro atoms. The highest BCUT2D eigenvalue weighted by molar-refractivity contribution is 5.41. The molecule has 0 amide bonds. The SMILES string of the molecule is COc1ccccc1[C@@]1(O)C[C@H]2CC[C@]1(C)[C@@H](O)C2. The molecule has 0 aromatic heterocycles. The topological polar surface area (TPSA) is 49.7 Å². The van der Waals surface area contributed by atoms with Crippen molar-refractivity contribution >= 4 is 0 Å². The summed E-state index contributed by atoms with van der Waals surface area (Å²) in [6.45, 7) is 2.01. The predicted octanol–water partition coefficient (Wildman–Crippen LogP) is 2.45. The molecule has 3 fully saturated rings. The molecule has 19 heavy (non-hydrogen) atoms. The quantitative estimate of drug-likeness (QED) is 0.860. The molecule has 3 aliphatic carbocycles. The normalized spacial score (nSPS) is 41.3. The molecule has 0 saturated heterocycles. The molecular weight excluding hydrogens is 240 g/mol. The molecule has 1 aromatic carbocycles. The van der Waals surface area contributed by atoms with Gasteiger partial charge in [0.1, 0.15) is 11.4 Å². The molecule has 0 unspecified atom stereocenters. The van der Waals surface area contributed by atoms with Crippen LogP contribution < -0.4 is 4.74 Å². The van der Waals surface area contributed by atoms with E-state index < -0.39 is 17.1 Å². The van der Waals surface area contributed by atoms with Gasteiger partial charge in [0.15, 0.2) is 0 Å². The Kier molecular flexibility index (Phi) is 2.88. The molecular formula is C16H22O3. The third-order valence-electron chi connectivity index (χ3n) is 5.45. The van der Waals surface area contributed by atoms with Crippen LogP contribution in [0.2, 0.25) is 0 Å². The summed E-state index contributed by atoms with van der Waals surface area (Å²) in [6, 6.07) is 7.64. The summed E-state index contributed by atoms with van der Waals surface area (Å²) in [6.07, 6.45) is 3.07. The van der Waals surface area contributed by atoms with E-state index in [4.69, 9.17) is 4.74 Å². The lowest BCUT2D eigenvalue weighted by Crippen LogP contribution is -2.59. The fourth-order valence-electron chi connectivity index (χ4n) is 4.09. The van der Waals surface area contributed by atoms with Gasteiger partial charge in [0.25, 0.3) is 0 Å². The number of aliphatic hydroxyl groups is 2. The predicted molar refractivity (Wildman–Crippen MR) is 73.0 cm³/mol. The van der Waals surface area contributed by atoms with E-state index in [0.717, 1.165) is 31.2 Å². The molecule has 2 bridgehead atoms. The molecule has 0 heterocycles. The number of rotatable bonds is 2. The van der Waals surface area contributed by atoms with Gasteiger partial charge in [-0.05, 0) is 37.7 Å². The number of aliphatic hydroxyl groups excluding tert-OH is 1. The number of hydrogen-bond acceptors (Lipinski definition) is 3. The molecule has 3 heteroatoms. The van der Waals surface area contributed by atoms with Crippen LogP contribution in [-0.2, 0) is 5.60 Å². The summed E-state index contributed by atoms with van der Waals surface area (Å²) < 4.78 is 5.41. The lowest BCUT2D eigenvalue weighted by molar-refractivity contribution is -0.216. The first-order chi connectivity index (χ1) is 9.01. The van der Waals surface area contributed by atoms with Gasteiger partial charge >= 0.3 is 0 Å². The van der Waals surface area contributed by atoms with Crippen LogP contribution in [0.4, 0.5) is 0 Å². The van der Waals surface area contributed by atoms with Crippen molar-refractivity contribution in [3.63, 3.8) is 0 Å². The highest BCUT2D eigenvalue weighted by Crippen LogP contribution is 2.61. The average Bonchev–Trinajstić information content (AvgIpc) is 2.41. The monoisotopic (exact) mass is 262 g/mol. The average molecular weight is 262 g/mol. The molecule has 2 N–H and O–H groups in total. The van der Waals surface area contributed by atoms with Crippen LogP contribution in [0.1, 0.15) is 38.2 Å².